The number of nitrogens with one attached hydrogen (secondary N) is 1. The number of nitrogens with two attached hydrogens (primary N) is 1. The van der Waals surface area contributed by atoms with E-state index in [-0.39, 0.29) is 11.9 Å². The normalized spacial score (nSPS) is 30.2. The molecule has 0 heterocycles. The highest BCUT2D eigenvalue weighted by Gasteiger charge is 2.44. The van der Waals surface area contributed by atoms with E-state index in [0.717, 1.165) is 11.8 Å². The van der Waals surface area contributed by atoms with Crippen molar-refractivity contribution in [1.82, 2.24) is 5.32 Å². The van der Waals surface area contributed by atoms with Gasteiger partial charge in [-0.25, -0.2) is 0 Å². The van der Waals surface area contributed by atoms with Crippen molar-refractivity contribution in [2.75, 3.05) is 0 Å². The third-order valence-electron chi connectivity index (χ3n) is 5.91. The van der Waals surface area contributed by atoms with Crippen molar-refractivity contribution in [2.24, 2.45) is 28.9 Å². The molecule has 114 valence electrons. The lowest BCUT2D eigenvalue weighted by molar-refractivity contribution is -0.129. The average molecular weight is 296 g/mol. The highest BCUT2D eigenvalue weighted by atomic mass is 32.1. The topological polar surface area (TPSA) is 55.1 Å². The lowest BCUT2D eigenvalue weighted by atomic mass is 9.79. The van der Waals surface area contributed by atoms with Gasteiger partial charge in [0.1, 0.15) is 0 Å². The number of hydrogen-bond acceptors (Lipinski definition) is 2. The van der Waals surface area contributed by atoms with Gasteiger partial charge in [-0.1, -0.05) is 32.5 Å². The van der Waals surface area contributed by atoms with Crippen molar-refractivity contribution in [1.29, 1.82) is 0 Å². The Labute approximate surface area is 128 Å². The molecule has 4 heteroatoms. The second-order valence-electron chi connectivity index (χ2n) is 6.75. The standard InChI is InChI=1S/C16H28N2OS/c1-4-16(5-2,14(17)20)15(19)18-10(3)13-9-11-6-7-12(13)8-11/h10-13H,4-9H2,1-3H3,(H2,17,20)(H,18,19). The fraction of sp³-hybridized carbons (Fsp3) is 0.875. The molecule has 1 amide bonds. The summed E-state index contributed by atoms with van der Waals surface area (Å²) in [4.78, 5) is 13.0. The van der Waals surface area contributed by atoms with Crippen molar-refractivity contribution in [3.63, 3.8) is 0 Å². The fourth-order valence-electron chi connectivity index (χ4n) is 4.39. The first-order valence-electron chi connectivity index (χ1n) is 8.05. The van der Waals surface area contributed by atoms with Gasteiger partial charge in [-0.2, -0.15) is 0 Å². The van der Waals surface area contributed by atoms with E-state index in [4.69, 9.17) is 18.0 Å². The van der Waals surface area contributed by atoms with Crippen LogP contribution in [-0.2, 0) is 4.79 Å². The van der Waals surface area contributed by atoms with Crippen LogP contribution in [0.3, 0.4) is 0 Å². The molecule has 2 fully saturated rings. The summed E-state index contributed by atoms with van der Waals surface area (Å²) in [5, 5.41) is 3.22. The minimum atomic E-state index is -0.665. The molecule has 0 aromatic rings. The third kappa shape index (κ3) is 2.59. The Kier molecular flexibility index (Phi) is 4.73. The third-order valence-corrected chi connectivity index (χ3v) is 6.30. The fourth-order valence-corrected chi connectivity index (χ4v) is 4.77. The molecule has 20 heavy (non-hydrogen) atoms. The number of hydrogen-bond donors (Lipinski definition) is 2. The maximum Gasteiger partial charge on any atom is 0.233 e. The second kappa shape index (κ2) is 6.00. The van der Waals surface area contributed by atoms with Gasteiger partial charge < -0.3 is 11.1 Å². The van der Waals surface area contributed by atoms with Gasteiger partial charge in [0.25, 0.3) is 0 Å². The SMILES string of the molecule is CCC(CC)(C(=O)NC(C)C1CC2CCC1C2)C(N)=S. The number of fused-ring (bicyclic) bond motifs is 2. The molecule has 2 aliphatic rings. The Morgan fingerprint density at radius 3 is 2.40 bits per heavy atom. The summed E-state index contributed by atoms with van der Waals surface area (Å²) >= 11 is 5.16. The van der Waals surface area contributed by atoms with E-state index >= 15 is 0 Å². The molecule has 3 N–H and O–H groups in total. The maximum absolute atomic E-state index is 12.7. The molecule has 0 saturated heterocycles. The zero-order chi connectivity index (χ0) is 14.9. The van der Waals surface area contributed by atoms with Crippen molar-refractivity contribution in [3.05, 3.63) is 0 Å². The zero-order valence-electron chi connectivity index (χ0n) is 12.9. The first-order valence-corrected chi connectivity index (χ1v) is 8.46. The summed E-state index contributed by atoms with van der Waals surface area (Å²) in [5.74, 6) is 2.40. The van der Waals surface area contributed by atoms with Gasteiger partial charge in [0.2, 0.25) is 5.91 Å². The number of carbonyl (C=O) groups is 1. The van der Waals surface area contributed by atoms with Gasteiger partial charge in [-0.3, -0.25) is 4.79 Å². The van der Waals surface area contributed by atoms with E-state index in [0.29, 0.717) is 23.7 Å². The van der Waals surface area contributed by atoms with Gasteiger partial charge in [0.05, 0.1) is 10.4 Å². The number of amides is 1. The number of carbonyl (C=O) groups excluding carboxylic acids is 1. The minimum absolute atomic E-state index is 0.0327. The molecule has 2 bridgehead atoms. The van der Waals surface area contributed by atoms with Gasteiger partial charge >= 0.3 is 0 Å². The maximum atomic E-state index is 12.7. The molecular weight excluding hydrogens is 268 g/mol. The van der Waals surface area contributed by atoms with Crippen LogP contribution in [0.4, 0.5) is 0 Å². The quantitative estimate of drug-likeness (QED) is 0.741. The van der Waals surface area contributed by atoms with Crippen LogP contribution in [-0.4, -0.2) is 16.9 Å². The minimum Gasteiger partial charge on any atom is -0.392 e. The van der Waals surface area contributed by atoms with Crippen molar-refractivity contribution < 1.29 is 4.79 Å². The van der Waals surface area contributed by atoms with Gasteiger partial charge in [-0.15, -0.1) is 0 Å². The summed E-state index contributed by atoms with van der Waals surface area (Å²) < 4.78 is 0. The van der Waals surface area contributed by atoms with Gasteiger partial charge in [0, 0.05) is 6.04 Å². The molecule has 0 radical (unpaired) electrons. The smallest absolute Gasteiger partial charge is 0.233 e. The molecule has 0 aromatic heterocycles. The van der Waals surface area contributed by atoms with E-state index < -0.39 is 5.41 Å². The van der Waals surface area contributed by atoms with Crippen LogP contribution in [0.1, 0.15) is 59.3 Å². The lowest BCUT2D eigenvalue weighted by Crippen LogP contribution is -2.52. The first-order chi connectivity index (χ1) is 9.44. The van der Waals surface area contributed by atoms with Crippen molar-refractivity contribution in [3.8, 4) is 0 Å². The van der Waals surface area contributed by atoms with E-state index in [1.54, 1.807) is 0 Å². The van der Waals surface area contributed by atoms with Gasteiger partial charge in [-0.05, 0) is 56.8 Å². The van der Waals surface area contributed by atoms with E-state index in [2.05, 4.69) is 12.2 Å². The van der Waals surface area contributed by atoms with Crippen molar-refractivity contribution in [2.45, 2.75) is 65.3 Å². The zero-order valence-corrected chi connectivity index (χ0v) is 13.8. The van der Waals surface area contributed by atoms with Crippen LogP contribution in [0, 0.1) is 23.2 Å². The summed E-state index contributed by atoms with van der Waals surface area (Å²) in [5.41, 5.74) is 5.19. The second-order valence-corrected chi connectivity index (χ2v) is 7.19. The highest BCUT2D eigenvalue weighted by Crippen LogP contribution is 2.49. The molecule has 4 unspecified atom stereocenters. The van der Waals surface area contributed by atoms with Gasteiger partial charge in [0.15, 0.2) is 0 Å². The van der Waals surface area contributed by atoms with Crippen LogP contribution in [0.25, 0.3) is 0 Å². The predicted molar refractivity (Wildman–Crippen MR) is 86.3 cm³/mol. The monoisotopic (exact) mass is 296 g/mol. The Bertz CT molecular complexity index is 392. The van der Waals surface area contributed by atoms with Crippen LogP contribution in [0.2, 0.25) is 0 Å². The van der Waals surface area contributed by atoms with E-state index in [1.807, 2.05) is 13.8 Å². The Balaban J connectivity index is 2.01. The van der Waals surface area contributed by atoms with Crippen molar-refractivity contribution >= 4 is 23.1 Å². The molecule has 2 rings (SSSR count). The average Bonchev–Trinajstić information content (AvgIpc) is 3.02. The molecule has 2 aliphatic carbocycles. The van der Waals surface area contributed by atoms with Crippen LogP contribution < -0.4 is 11.1 Å². The van der Waals surface area contributed by atoms with Crippen LogP contribution >= 0.6 is 12.2 Å². The Hall–Kier alpha value is -0.640. The lowest BCUT2D eigenvalue weighted by Gasteiger charge is -2.34. The summed E-state index contributed by atoms with van der Waals surface area (Å²) in [7, 11) is 0. The summed E-state index contributed by atoms with van der Waals surface area (Å²) in [6.45, 7) is 6.13. The van der Waals surface area contributed by atoms with E-state index in [1.165, 1.54) is 25.7 Å². The molecule has 0 spiro atoms. The number of rotatable bonds is 6. The van der Waals surface area contributed by atoms with Crippen LogP contribution in [0.5, 0.6) is 0 Å². The first kappa shape index (κ1) is 15.7. The Morgan fingerprint density at radius 1 is 1.35 bits per heavy atom. The Morgan fingerprint density at radius 2 is 2.00 bits per heavy atom. The highest BCUT2D eigenvalue weighted by molar-refractivity contribution is 7.80. The van der Waals surface area contributed by atoms with E-state index in [9.17, 15) is 4.79 Å². The molecule has 3 nitrogen and oxygen atoms in total. The molecule has 2 saturated carbocycles. The van der Waals surface area contributed by atoms with Crippen LogP contribution in [0.15, 0.2) is 0 Å². The molecule has 0 aromatic carbocycles. The molecular formula is C16H28N2OS. The number of thiocarbonyl (C=S) groups is 1. The molecule has 0 aliphatic heterocycles. The largest absolute Gasteiger partial charge is 0.392 e. The molecule has 4 atom stereocenters. The summed E-state index contributed by atoms with van der Waals surface area (Å²) in [6.07, 6.45) is 6.74. The predicted octanol–water partition coefficient (Wildman–Crippen LogP) is 3.02. The summed E-state index contributed by atoms with van der Waals surface area (Å²) in [6, 6.07) is 0.240.